The second-order valence-electron chi connectivity index (χ2n) is 8.85. The van der Waals surface area contributed by atoms with Crippen LogP contribution in [0.25, 0.3) is 0 Å². The maximum absolute atomic E-state index is 13.5. The van der Waals surface area contributed by atoms with E-state index in [1.807, 2.05) is 55.5 Å². The van der Waals surface area contributed by atoms with Gasteiger partial charge in [0.25, 0.3) is 5.91 Å². The number of carbonyl (C=O) groups is 2. The molecule has 188 valence electrons. The first-order valence-corrected chi connectivity index (χ1v) is 12.7. The van der Waals surface area contributed by atoms with Gasteiger partial charge in [0.05, 0.1) is 18.9 Å². The lowest BCUT2D eigenvalue weighted by Crippen LogP contribution is -2.25. The molecule has 9 heteroatoms. The second-order valence-corrected chi connectivity index (χ2v) is 10.0. The number of methoxy groups -OCH3 is 1. The molecule has 5 rings (SSSR count). The van der Waals surface area contributed by atoms with Gasteiger partial charge in [-0.1, -0.05) is 53.7 Å². The smallest absolute Gasteiger partial charge is 0.262 e. The maximum atomic E-state index is 13.5. The summed E-state index contributed by atoms with van der Waals surface area (Å²) in [6.07, 6.45) is 0.546. The number of aryl methyl sites for hydroxylation is 1. The molecular weight excluding hydrogens is 491 g/mol. The number of nitrogens with zero attached hydrogens (tertiary/aromatic N) is 3. The molecule has 37 heavy (non-hydrogen) atoms. The molecular formula is C28H25FN4O3S. The van der Waals surface area contributed by atoms with Crippen molar-refractivity contribution in [1.82, 2.24) is 5.01 Å². The molecule has 7 nitrogen and oxygen atoms in total. The van der Waals surface area contributed by atoms with Crippen LogP contribution in [0.5, 0.6) is 5.75 Å². The van der Waals surface area contributed by atoms with Gasteiger partial charge in [-0.05, 0) is 54.4 Å². The number of ether oxygens (including phenoxy) is 1. The minimum Gasteiger partial charge on any atom is -0.497 e. The predicted octanol–water partition coefficient (Wildman–Crippen LogP) is 5.32. The van der Waals surface area contributed by atoms with E-state index in [0.29, 0.717) is 17.3 Å². The van der Waals surface area contributed by atoms with Crippen molar-refractivity contribution >= 4 is 40.1 Å². The number of carbonyl (C=O) groups excluding carboxylic acids is 2. The molecule has 0 bridgehead atoms. The standard InChI is InChI=1S/C28H25FN4O3S/c1-17-3-11-21(12-4-17)30-26(34)16-25-27(35)31-28(37-25)33-24(19-7-13-22(36-2)14-8-19)15-23(32-33)18-5-9-20(29)10-6-18/h3-14,24-25H,15-16H2,1-2H3,(H,30,34)/t24-,25+/m0/s1. The van der Waals surface area contributed by atoms with Gasteiger partial charge >= 0.3 is 0 Å². The van der Waals surface area contributed by atoms with Crippen molar-refractivity contribution in [3.63, 3.8) is 0 Å². The number of nitrogens with one attached hydrogen (secondary N) is 1. The molecule has 2 amide bonds. The van der Waals surface area contributed by atoms with E-state index in [2.05, 4.69) is 10.3 Å². The zero-order chi connectivity index (χ0) is 25.9. The highest BCUT2D eigenvalue weighted by Crippen LogP contribution is 2.39. The molecule has 0 aromatic heterocycles. The molecule has 0 saturated heterocycles. The number of amides is 2. The van der Waals surface area contributed by atoms with Crippen molar-refractivity contribution in [2.45, 2.75) is 31.1 Å². The summed E-state index contributed by atoms with van der Waals surface area (Å²) in [7, 11) is 1.61. The summed E-state index contributed by atoms with van der Waals surface area (Å²) in [4.78, 5) is 29.7. The first kappa shape index (κ1) is 24.7. The summed E-state index contributed by atoms with van der Waals surface area (Å²) in [5, 5.41) is 9.17. The predicted molar refractivity (Wildman–Crippen MR) is 143 cm³/mol. The van der Waals surface area contributed by atoms with E-state index in [0.717, 1.165) is 28.2 Å². The number of hydrazone groups is 1. The Hall–Kier alpha value is -3.98. The second kappa shape index (κ2) is 10.6. The summed E-state index contributed by atoms with van der Waals surface area (Å²) < 4.78 is 18.8. The Labute approximate surface area is 218 Å². The average Bonchev–Trinajstić information content (AvgIpc) is 3.50. The molecule has 3 aromatic rings. The van der Waals surface area contributed by atoms with Gasteiger partial charge in [0.15, 0.2) is 5.17 Å². The molecule has 2 aliphatic heterocycles. The first-order valence-electron chi connectivity index (χ1n) is 11.8. The summed E-state index contributed by atoms with van der Waals surface area (Å²) in [6, 6.07) is 21.1. The van der Waals surface area contributed by atoms with E-state index >= 15 is 0 Å². The van der Waals surface area contributed by atoms with Crippen LogP contribution in [0.15, 0.2) is 82.9 Å². The Morgan fingerprint density at radius 2 is 1.78 bits per heavy atom. The minimum atomic E-state index is -0.637. The van der Waals surface area contributed by atoms with Crippen LogP contribution < -0.4 is 10.1 Å². The summed E-state index contributed by atoms with van der Waals surface area (Å²) in [5.74, 6) is -0.206. The van der Waals surface area contributed by atoms with Gasteiger partial charge in [-0.2, -0.15) is 10.1 Å². The van der Waals surface area contributed by atoms with Crippen molar-refractivity contribution in [2.75, 3.05) is 12.4 Å². The normalized spacial score (nSPS) is 19.0. The van der Waals surface area contributed by atoms with Crippen molar-refractivity contribution in [2.24, 2.45) is 10.1 Å². The van der Waals surface area contributed by atoms with Crippen LogP contribution >= 0.6 is 11.8 Å². The molecule has 0 radical (unpaired) electrons. The maximum Gasteiger partial charge on any atom is 0.262 e. The molecule has 0 unspecified atom stereocenters. The van der Waals surface area contributed by atoms with E-state index in [1.165, 1.54) is 23.9 Å². The van der Waals surface area contributed by atoms with Gasteiger partial charge in [-0.25, -0.2) is 9.40 Å². The van der Waals surface area contributed by atoms with E-state index < -0.39 is 5.25 Å². The number of rotatable bonds is 6. The highest BCUT2D eigenvalue weighted by Gasteiger charge is 2.39. The van der Waals surface area contributed by atoms with E-state index in [-0.39, 0.29) is 30.1 Å². The number of aliphatic imine (C=N–C) groups is 1. The lowest BCUT2D eigenvalue weighted by Gasteiger charge is -2.23. The molecule has 0 fully saturated rings. The van der Waals surface area contributed by atoms with Crippen LogP contribution in [0.2, 0.25) is 0 Å². The first-order chi connectivity index (χ1) is 17.9. The quantitative estimate of drug-likeness (QED) is 0.480. The fourth-order valence-corrected chi connectivity index (χ4v) is 5.27. The molecule has 2 atom stereocenters. The monoisotopic (exact) mass is 516 g/mol. The molecule has 0 saturated carbocycles. The minimum absolute atomic E-state index is 0.0000471. The van der Waals surface area contributed by atoms with E-state index in [4.69, 9.17) is 9.84 Å². The van der Waals surface area contributed by atoms with Gasteiger partial charge in [0.2, 0.25) is 5.91 Å². The summed E-state index contributed by atoms with van der Waals surface area (Å²) >= 11 is 1.24. The van der Waals surface area contributed by atoms with Gasteiger partial charge in [0.1, 0.15) is 16.8 Å². The fraction of sp³-hybridized carbons (Fsp3) is 0.214. The Kier molecular flexibility index (Phi) is 7.05. The zero-order valence-corrected chi connectivity index (χ0v) is 21.2. The van der Waals surface area contributed by atoms with Crippen molar-refractivity contribution in [1.29, 1.82) is 0 Å². The lowest BCUT2D eigenvalue weighted by molar-refractivity contribution is -0.121. The molecule has 0 spiro atoms. The molecule has 0 aliphatic carbocycles. The third-order valence-corrected chi connectivity index (χ3v) is 7.36. The van der Waals surface area contributed by atoms with Crippen LogP contribution in [-0.4, -0.2) is 40.1 Å². The molecule has 3 aromatic carbocycles. The Morgan fingerprint density at radius 3 is 2.46 bits per heavy atom. The topological polar surface area (TPSA) is 83.4 Å². The van der Waals surface area contributed by atoms with E-state index in [1.54, 1.807) is 24.3 Å². The van der Waals surface area contributed by atoms with Gasteiger partial charge in [-0.3, -0.25) is 9.59 Å². The SMILES string of the molecule is COc1ccc([C@@H]2CC(c3ccc(F)cc3)=NN2C2=NC(=O)[C@@H](CC(=O)Nc3ccc(C)cc3)S2)cc1. The van der Waals surface area contributed by atoms with Crippen LogP contribution in [0.3, 0.4) is 0 Å². The zero-order valence-electron chi connectivity index (χ0n) is 20.3. The van der Waals surface area contributed by atoms with Crippen LogP contribution in [0.1, 0.15) is 35.6 Å². The molecule has 2 heterocycles. The Morgan fingerprint density at radius 1 is 1.08 bits per heavy atom. The number of hydrogen-bond acceptors (Lipinski definition) is 6. The van der Waals surface area contributed by atoms with Crippen molar-refractivity contribution < 1.29 is 18.7 Å². The van der Waals surface area contributed by atoms with E-state index in [9.17, 15) is 14.0 Å². The van der Waals surface area contributed by atoms with Gasteiger partial charge in [-0.15, -0.1) is 0 Å². The summed E-state index contributed by atoms with van der Waals surface area (Å²) in [6.45, 7) is 1.97. The number of anilines is 1. The largest absolute Gasteiger partial charge is 0.497 e. The fourth-order valence-electron chi connectivity index (χ4n) is 4.21. The van der Waals surface area contributed by atoms with Crippen molar-refractivity contribution in [3.8, 4) is 5.75 Å². The number of thioether (sulfide) groups is 1. The number of benzene rings is 3. The third-order valence-electron chi connectivity index (χ3n) is 6.22. The van der Waals surface area contributed by atoms with Crippen LogP contribution in [0.4, 0.5) is 10.1 Å². The highest BCUT2D eigenvalue weighted by atomic mass is 32.2. The Bertz CT molecular complexity index is 1370. The third kappa shape index (κ3) is 5.56. The van der Waals surface area contributed by atoms with Crippen LogP contribution in [-0.2, 0) is 9.59 Å². The summed E-state index contributed by atoms with van der Waals surface area (Å²) in [5.41, 5.74) is 4.30. The highest BCUT2D eigenvalue weighted by molar-refractivity contribution is 8.15. The molecule has 2 aliphatic rings. The van der Waals surface area contributed by atoms with Gasteiger partial charge in [0, 0.05) is 18.5 Å². The number of halogens is 1. The average molecular weight is 517 g/mol. The number of amidine groups is 1. The van der Waals surface area contributed by atoms with Crippen molar-refractivity contribution in [3.05, 3.63) is 95.3 Å². The van der Waals surface area contributed by atoms with Gasteiger partial charge < -0.3 is 10.1 Å². The molecule has 1 N–H and O–H groups in total. The Balaban J connectivity index is 1.35. The van der Waals surface area contributed by atoms with Crippen LogP contribution in [0, 0.1) is 12.7 Å². The lowest BCUT2D eigenvalue weighted by atomic mass is 9.98. The number of hydrogen-bond donors (Lipinski definition) is 1.